The minimum atomic E-state index is 0. The summed E-state index contributed by atoms with van der Waals surface area (Å²) in [7, 11) is 1.60. The molecule has 1 saturated heterocycles. The quantitative estimate of drug-likeness (QED) is 0.613. The molecule has 1 aromatic carbocycles. The Balaban J connectivity index is 0.00000225. The fraction of sp³-hybridized carbons (Fsp3) is 0.455. The van der Waals surface area contributed by atoms with Gasteiger partial charge in [0.1, 0.15) is 6.61 Å². The van der Waals surface area contributed by atoms with E-state index in [2.05, 4.69) is 22.5 Å². The van der Waals surface area contributed by atoms with Gasteiger partial charge in [0.05, 0.1) is 7.11 Å². The Kier molecular flexibility index (Phi) is 11.5. The molecule has 6 nitrogen and oxygen atoms in total. The number of carbonyl (C=O) groups excluding carboxylic acids is 1. The van der Waals surface area contributed by atoms with Crippen molar-refractivity contribution < 1.29 is 14.3 Å². The molecule has 2 heterocycles. The summed E-state index contributed by atoms with van der Waals surface area (Å²) >= 11 is 0. The lowest BCUT2D eigenvalue weighted by molar-refractivity contribution is -0.117. The highest BCUT2D eigenvalue weighted by atomic mass is 35.5. The van der Waals surface area contributed by atoms with Crippen molar-refractivity contribution in [3.05, 3.63) is 48.3 Å². The molecule has 3 rings (SSSR count). The van der Waals surface area contributed by atoms with Gasteiger partial charge in [0.25, 0.3) is 0 Å². The van der Waals surface area contributed by atoms with Crippen LogP contribution in [0, 0.1) is 11.8 Å². The van der Waals surface area contributed by atoms with Gasteiger partial charge in [0, 0.05) is 36.1 Å². The van der Waals surface area contributed by atoms with E-state index in [1.165, 1.54) is 12.8 Å². The minimum Gasteiger partial charge on any atom is -0.493 e. The van der Waals surface area contributed by atoms with E-state index in [1.54, 1.807) is 25.6 Å². The number of nitrogens with one attached hydrogen (secondary N) is 2. The van der Waals surface area contributed by atoms with E-state index < -0.39 is 0 Å². The van der Waals surface area contributed by atoms with Crippen LogP contribution in [0.25, 0.3) is 0 Å². The molecule has 2 N–H and O–H groups in total. The number of anilines is 1. The molecular weight excluding hydrogens is 425 g/mol. The van der Waals surface area contributed by atoms with Gasteiger partial charge in [-0.3, -0.25) is 9.78 Å². The van der Waals surface area contributed by atoms with Gasteiger partial charge in [-0.15, -0.1) is 24.8 Å². The minimum absolute atomic E-state index is 0. The van der Waals surface area contributed by atoms with E-state index in [4.69, 9.17) is 9.47 Å². The molecule has 1 aliphatic rings. The summed E-state index contributed by atoms with van der Waals surface area (Å²) in [6, 6.07) is 9.27. The third kappa shape index (κ3) is 7.67. The Morgan fingerprint density at radius 1 is 1.30 bits per heavy atom. The number of ether oxygens (including phenoxy) is 2. The predicted octanol–water partition coefficient (Wildman–Crippen LogP) is 4.48. The van der Waals surface area contributed by atoms with Crippen LogP contribution in [0.5, 0.6) is 11.5 Å². The van der Waals surface area contributed by atoms with E-state index >= 15 is 0 Å². The summed E-state index contributed by atoms with van der Waals surface area (Å²) < 4.78 is 11.3. The van der Waals surface area contributed by atoms with Gasteiger partial charge in [0.15, 0.2) is 11.5 Å². The van der Waals surface area contributed by atoms with Crippen LogP contribution in [0.1, 0.15) is 31.7 Å². The summed E-state index contributed by atoms with van der Waals surface area (Å²) in [6.07, 6.45) is 6.39. The van der Waals surface area contributed by atoms with Gasteiger partial charge in [-0.1, -0.05) is 13.0 Å². The fourth-order valence-electron chi connectivity index (χ4n) is 3.55. The lowest BCUT2D eigenvalue weighted by atomic mass is 9.85. The van der Waals surface area contributed by atoms with Crippen molar-refractivity contribution in [3.8, 4) is 11.5 Å². The Morgan fingerprint density at radius 3 is 2.80 bits per heavy atom. The van der Waals surface area contributed by atoms with Crippen molar-refractivity contribution in [2.24, 2.45) is 11.8 Å². The second kappa shape index (κ2) is 13.3. The summed E-state index contributed by atoms with van der Waals surface area (Å²) in [6.45, 7) is 4.63. The highest BCUT2D eigenvalue weighted by Gasteiger charge is 2.22. The zero-order chi connectivity index (χ0) is 19.8. The second-order valence-electron chi connectivity index (χ2n) is 7.35. The number of hydrogen-bond acceptors (Lipinski definition) is 5. The molecule has 2 unspecified atom stereocenters. The van der Waals surface area contributed by atoms with E-state index in [-0.39, 0.29) is 30.7 Å². The number of aromatic nitrogens is 1. The number of methoxy groups -OCH3 is 1. The molecule has 2 aromatic rings. The number of rotatable bonds is 8. The van der Waals surface area contributed by atoms with Crippen LogP contribution in [0.2, 0.25) is 0 Å². The second-order valence-corrected chi connectivity index (χ2v) is 7.35. The number of hydrogen-bond donors (Lipinski definition) is 2. The summed E-state index contributed by atoms with van der Waals surface area (Å²) in [4.78, 5) is 16.6. The van der Waals surface area contributed by atoms with Gasteiger partial charge in [-0.05, 0) is 56.0 Å². The molecule has 0 bridgehead atoms. The van der Waals surface area contributed by atoms with Gasteiger partial charge in [-0.2, -0.15) is 0 Å². The van der Waals surface area contributed by atoms with Crippen molar-refractivity contribution in [2.45, 2.75) is 32.8 Å². The van der Waals surface area contributed by atoms with E-state index in [1.807, 2.05) is 24.3 Å². The topological polar surface area (TPSA) is 72.5 Å². The molecule has 0 saturated carbocycles. The molecule has 2 atom stereocenters. The molecule has 166 valence electrons. The molecule has 1 amide bonds. The Bertz CT molecular complexity index is 771. The van der Waals surface area contributed by atoms with Crippen LogP contribution in [-0.4, -0.2) is 31.1 Å². The normalized spacial score (nSPS) is 16.4. The predicted molar refractivity (Wildman–Crippen MR) is 124 cm³/mol. The number of nitrogens with zero attached hydrogens (tertiary/aromatic N) is 1. The van der Waals surface area contributed by atoms with Crippen LogP contribution in [0.3, 0.4) is 0 Å². The number of halogens is 2. The molecule has 0 radical (unpaired) electrons. The molecule has 8 heteroatoms. The van der Waals surface area contributed by atoms with Crippen molar-refractivity contribution in [3.63, 3.8) is 0 Å². The Labute approximate surface area is 191 Å². The first-order valence-electron chi connectivity index (χ1n) is 9.86. The lowest BCUT2D eigenvalue weighted by Gasteiger charge is -2.28. The number of piperidine rings is 1. The molecule has 1 aromatic heterocycles. The Hall–Kier alpha value is -2.02. The smallest absolute Gasteiger partial charge is 0.224 e. The number of benzene rings is 1. The highest BCUT2D eigenvalue weighted by Crippen LogP contribution is 2.31. The van der Waals surface area contributed by atoms with E-state index in [9.17, 15) is 4.79 Å². The number of amides is 1. The largest absolute Gasteiger partial charge is 0.493 e. The van der Waals surface area contributed by atoms with Crippen molar-refractivity contribution >= 4 is 36.4 Å². The zero-order valence-electron chi connectivity index (χ0n) is 17.4. The standard InChI is InChI=1S/C22H29N3O3.2ClH/c1-16(18-6-4-10-24-14-18)11-22(26)25-19-7-8-20(27-2)21(12-19)28-15-17-5-3-9-23-13-17;;/h3,5,7-9,12-13,16,18,24H,4,6,10-11,14-15H2,1-2H3,(H,25,26);2*1H. The number of carbonyl (C=O) groups is 1. The average Bonchev–Trinajstić information content (AvgIpc) is 2.73. The summed E-state index contributed by atoms with van der Waals surface area (Å²) in [5, 5.41) is 6.41. The van der Waals surface area contributed by atoms with Crippen molar-refractivity contribution in [1.82, 2.24) is 10.3 Å². The molecule has 1 aliphatic heterocycles. The SMILES string of the molecule is COc1ccc(NC(=O)CC(C)C2CCCNC2)cc1OCc1cccnc1.Cl.Cl. The first kappa shape index (κ1) is 26.0. The first-order chi connectivity index (χ1) is 13.7. The monoisotopic (exact) mass is 455 g/mol. The van der Waals surface area contributed by atoms with Crippen LogP contribution < -0.4 is 20.1 Å². The molecular formula is C22H31Cl2N3O3. The maximum absolute atomic E-state index is 12.5. The molecule has 0 spiro atoms. The van der Waals surface area contributed by atoms with Crippen molar-refractivity contribution in [1.29, 1.82) is 0 Å². The third-order valence-corrected chi connectivity index (χ3v) is 5.21. The third-order valence-electron chi connectivity index (χ3n) is 5.21. The van der Waals surface area contributed by atoms with Crippen LogP contribution in [0.15, 0.2) is 42.7 Å². The zero-order valence-corrected chi connectivity index (χ0v) is 19.1. The van der Waals surface area contributed by atoms with E-state index in [0.717, 1.165) is 18.7 Å². The van der Waals surface area contributed by atoms with Gasteiger partial charge in [0.2, 0.25) is 5.91 Å². The summed E-state index contributed by atoms with van der Waals surface area (Å²) in [5.74, 6) is 2.17. The summed E-state index contributed by atoms with van der Waals surface area (Å²) in [5.41, 5.74) is 1.68. The first-order valence-corrected chi connectivity index (χ1v) is 9.86. The van der Waals surface area contributed by atoms with Crippen LogP contribution in [0.4, 0.5) is 5.69 Å². The van der Waals surface area contributed by atoms with Crippen LogP contribution in [-0.2, 0) is 11.4 Å². The maximum atomic E-state index is 12.5. The lowest BCUT2D eigenvalue weighted by Crippen LogP contribution is -2.34. The Morgan fingerprint density at radius 2 is 2.13 bits per heavy atom. The highest BCUT2D eigenvalue weighted by molar-refractivity contribution is 5.91. The van der Waals surface area contributed by atoms with E-state index in [0.29, 0.717) is 42.0 Å². The molecule has 0 aliphatic carbocycles. The molecule has 1 fully saturated rings. The molecule has 30 heavy (non-hydrogen) atoms. The van der Waals surface area contributed by atoms with Crippen molar-refractivity contribution in [2.75, 3.05) is 25.5 Å². The van der Waals surface area contributed by atoms with Gasteiger partial charge < -0.3 is 20.1 Å². The van der Waals surface area contributed by atoms with Gasteiger partial charge in [-0.25, -0.2) is 0 Å². The maximum Gasteiger partial charge on any atom is 0.224 e. The number of pyridine rings is 1. The average molecular weight is 456 g/mol. The fourth-order valence-corrected chi connectivity index (χ4v) is 3.55. The van der Waals surface area contributed by atoms with Crippen LogP contribution >= 0.6 is 24.8 Å². The van der Waals surface area contributed by atoms with Gasteiger partial charge >= 0.3 is 0 Å².